The molecule has 0 unspecified atom stereocenters. The second kappa shape index (κ2) is 11.3. The van der Waals surface area contributed by atoms with Crippen LogP contribution in [-0.4, -0.2) is 50.3 Å². The van der Waals surface area contributed by atoms with E-state index in [1.165, 1.54) is 17.0 Å². The van der Waals surface area contributed by atoms with Gasteiger partial charge in [0.2, 0.25) is 5.91 Å². The number of para-hydroxylation sites is 1. The van der Waals surface area contributed by atoms with Crippen molar-refractivity contribution < 1.29 is 33.0 Å². The summed E-state index contributed by atoms with van der Waals surface area (Å²) in [6, 6.07) is 6.11. The number of thiocarbonyl (C=S) groups is 1. The van der Waals surface area contributed by atoms with Crippen LogP contribution in [0.3, 0.4) is 0 Å². The minimum Gasteiger partial charge on any atom is -0.481 e. The summed E-state index contributed by atoms with van der Waals surface area (Å²) in [7, 11) is 0. The van der Waals surface area contributed by atoms with E-state index in [4.69, 9.17) is 17.3 Å². The molecule has 1 fully saturated rings. The van der Waals surface area contributed by atoms with Gasteiger partial charge in [-0.1, -0.05) is 42.2 Å². The highest BCUT2D eigenvalue weighted by Crippen LogP contribution is 2.34. The maximum atomic E-state index is 12.7. The molecule has 0 spiro atoms. The summed E-state index contributed by atoms with van der Waals surface area (Å²) in [6.07, 6.45) is 1.63. The largest absolute Gasteiger partial charge is 0.481 e. The van der Waals surface area contributed by atoms with Crippen LogP contribution in [0, 0.1) is 0 Å². The molecular formula is C20H17F2N3O5S3. The van der Waals surface area contributed by atoms with Crippen molar-refractivity contribution in [1.82, 2.24) is 9.88 Å². The van der Waals surface area contributed by atoms with Crippen molar-refractivity contribution in [3.8, 4) is 5.75 Å². The van der Waals surface area contributed by atoms with Gasteiger partial charge in [-0.15, -0.1) is 11.3 Å². The van der Waals surface area contributed by atoms with Crippen LogP contribution in [0.1, 0.15) is 24.1 Å². The zero-order valence-corrected chi connectivity index (χ0v) is 19.3. The number of alkyl halides is 2. The summed E-state index contributed by atoms with van der Waals surface area (Å²) in [5.74, 6) is -1.77. The Bertz CT molecular complexity index is 1110. The van der Waals surface area contributed by atoms with Crippen molar-refractivity contribution in [2.75, 3.05) is 11.9 Å². The Hall–Kier alpha value is -2.90. The summed E-state index contributed by atoms with van der Waals surface area (Å²) >= 11 is 7.42. The molecule has 13 heteroatoms. The van der Waals surface area contributed by atoms with Crippen molar-refractivity contribution in [3.05, 3.63) is 45.8 Å². The number of rotatable bonds is 10. The molecule has 33 heavy (non-hydrogen) atoms. The molecule has 1 aromatic heterocycles. The topological polar surface area (TPSA) is 109 Å². The number of anilines is 1. The van der Waals surface area contributed by atoms with Crippen LogP contribution in [0.15, 0.2) is 34.6 Å². The molecule has 2 N–H and O–H groups in total. The normalized spacial score (nSPS) is 14.9. The molecule has 0 atom stereocenters. The summed E-state index contributed by atoms with van der Waals surface area (Å²) in [5, 5.41) is 13.2. The number of hydrogen-bond donors (Lipinski definition) is 2. The molecule has 8 nitrogen and oxygen atoms in total. The van der Waals surface area contributed by atoms with E-state index in [0.717, 1.165) is 23.1 Å². The number of aliphatic carboxylic acids is 1. The first-order chi connectivity index (χ1) is 15.7. The van der Waals surface area contributed by atoms with Gasteiger partial charge in [-0.25, -0.2) is 4.98 Å². The molecule has 174 valence electrons. The lowest BCUT2D eigenvalue weighted by molar-refractivity contribution is -0.136. The zero-order chi connectivity index (χ0) is 24.0. The fourth-order valence-electron chi connectivity index (χ4n) is 2.82. The lowest BCUT2D eigenvalue weighted by atomic mass is 10.2. The SMILES string of the molecule is O=C(O)Cc1csc(NC(=O)CCCN2C(=O)/C(=C/c3ccccc3OC(F)F)SC2=S)n1. The van der Waals surface area contributed by atoms with Crippen LogP contribution in [0.25, 0.3) is 6.08 Å². The fourth-order valence-corrected chi connectivity index (χ4v) is 4.84. The van der Waals surface area contributed by atoms with Crippen molar-refractivity contribution in [2.45, 2.75) is 25.9 Å². The number of carbonyl (C=O) groups is 3. The van der Waals surface area contributed by atoms with Crippen molar-refractivity contribution in [2.24, 2.45) is 0 Å². The third kappa shape index (κ3) is 7.04. The quantitative estimate of drug-likeness (QED) is 0.363. The number of amides is 2. The number of carboxylic acid groups (broad SMARTS) is 1. The molecule has 1 aliphatic rings. The minimum absolute atomic E-state index is 0.0526. The van der Waals surface area contributed by atoms with Crippen molar-refractivity contribution in [3.63, 3.8) is 0 Å². The third-order valence-corrected chi connectivity index (χ3v) is 6.40. The van der Waals surface area contributed by atoms with Gasteiger partial charge in [-0.3, -0.25) is 19.3 Å². The van der Waals surface area contributed by atoms with Gasteiger partial charge in [0.25, 0.3) is 5.91 Å². The van der Waals surface area contributed by atoms with E-state index in [-0.39, 0.29) is 41.9 Å². The number of benzene rings is 1. The monoisotopic (exact) mass is 513 g/mol. The Morgan fingerprint density at radius 1 is 1.33 bits per heavy atom. The van der Waals surface area contributed by atoms with E-state index in [9.17, 15) is 23.2 Å². The zero-order valence-electron chi connectivity index (χ0n) is 16.8. The Kier molecular flexibility index (Phi) is 8.47. The third-order valence-electron chi connectivity index (χ3n) is 4.21. The Morgan fingerprint density at radius 3 is 2.82 bits per heavy atom. The number of thioether (sulfide) groups is 1. The summed E-state index contributed by atoms with van der Waals surface area (Å²) in [4.78, 5) is 41.2. The molecule has 1 saturated heterocycles. The average Bonchev–Trinajstić information content (AvgIpc) is 3.27. The molecule has 2 heterocycles. The van der Waals surface area contributed by atoms with Crippen LogP contribution in [0.2, 0.25) is 0 Å². The number of ether oxygens (including phenoxy) is 1. The molecule has 1 aliphatic heterocycles. The first-order valence-electron chi connectivity index (χ1n) is 9.48. The van der Waals surface area contributed by atoms with E-state index in [0.29, 0.717) is 27.1 Å². The average molecular weight is 514 g/mol. The molecule has 0 aliphatic carbocycles. The molecule has 1 aromatic carbocycles. The van der Waals surface area contributed by atoms with Gasteiger partial charge in [0.15, 0.2) is 5.13 Å². The highest BCUT2D eigenvalue weighted by Gasteiger charge is 2.32. The van der Waals surface area contributed by atoms with E-state index in [1.54, 1.807) is 23.6 Å². The highest BCUT2D eigenvalue weighted by atomic mass is 32.2. The minimum atomic E-state index is -2.99. The van der Waals surface area contributed by atoms with Crippen molar-refractivity contribution >= 4 is 68.6 Å². The lowest BCUT2D eigenvalue weighted by Gasteiger charge is -2.13. The maximum absolute atomic E-state index is 12.7. The molecule has 3 rings (SSSR count). The summed E-state index contributed by atoms with van der Waals surface area (Å²) in [5.41, 5.74) is 0.677. The van der Waals surface area contributed by atoms with E-state index < -0.39 is 12.6 Å². The number of aromatic nitrogens is 1. The van der Waals surface area contributed by atoms with Crippen LogP contribution < -0.4 is 10.1 Å². The number of nitrogens with one attached hydrogen (secondary N) is 1. The number of carbonyl (C=O) groups excluding carboxylic acids is 2. The molecule has 0 bridgehead atoms. The first kappa shape index (κ1) is 24.7. The Morgan fingerprint density at radius 2 is 2.09 bits per heavy atom. The number of carboxylic acids is 1. The van der Waals surface area contributed by atoms with Gasteiger partial charge in [0, 0.05) is 23.9 Å². The summed E-state index contributed by atoms with van der Waals surface area (Å²) in [6.45, 7) is -2.79. The van der Waals surface area contributed by atoms with Crippen LogP contribution in [0.5, 0.6) is 5.75 Å². The maximum Gasteiger partial charge on any atom is 0.387 e. The molecule has 2 amide bonds. The van der Waals surface area contributed by atoms with E-state index >= 15 is 0 Å². The van der Waals surface area contributed by atoms with E-state index in [2.05, 4.69) is 15.0 Å². The fraction of sp³-hybridized carbons (Fsp3) is 0.250. The van der Waals surface area contributed by atoms with Gasteiger partial charge >= 0.3 is 12.6 Å². The van der Waals surface area contributed by atoms with Gasteiger partial charge in [-0.2, -0.15) is 8.78 Å². The number of nitrogens with zero attached hydrogens (tertiary/aromatic N) is 2. The molecule has 0 radical (unpaired) electrons. The smallest absolute Gasteiger partial charge is 0.387 e. The predicted octanol–water partition coefficient (Wildman–Crippen LogP) is 3.99. The highest BCUT2D eigenvalue weighted by molar-refractivity contribution is 8.26. The Labute approximate surface area is 200 Å². The van der Waals surface area contributed by atoms with Gasteiger partial charge < -0.3 is 15.2 Å². The van der Waals surface area contributed by atoms with Crippen LogP contribution in [-0.2, 0) is 20.8 Å². The number of thiazole rings is 1. The van der Waals surface area contributed by atoms with Gasteiger partial charge in [0.1, 0.15) is 10.1 Å². The number of halogens is 2. The second-order valence-electron chi connectivity index (χ2n) is 6.62. The Balaban J connectivity index is 1.54. The number of hydrogen-bond acceptors (Lipinski definition) is 8. The van der Waals surface area contributed by atoms with Crippen molar-refractivity contribution in [1.29, 1.82) is 0 Å². The van der Waals surface area contributed by atoms with Crippen LogP contribution in [0.4, 0.5) is 13.9 Å². The van der Waals surface area contributed by atoms with Gasteiger partial charge in [0.05, 0.1) is 17.0 Å². The molecule has 2 aromatic rings. The standard InChI is InChI=1S/C20H17F2N3O5S3/c21-18(22)30-13-5-2-1-4-11(13)8-14-17(29)25(20(31)33-14)7-3-6-15(26)24-19-23-12(10-32-19)9-16(27)28/h1-2,4-5,8,10,18H,3,6-7,9H2,(H,27,28)(H,23,24,26)/b14-8-. The van der Waals surface area contributed by atoms with Crippen LogP contribution >= 0.6 is 35.3 Å². The molecule has 0 saturated carbocycles. The lowest BCUT2D eigenvalue weighted by Crippen LogP contribution is -2.29. The van der Waals surface area contributed by atoms with Gasteiger partial charge in [-0.05, 0) is 18.6 Å². The second-order valence-corrected chi connectivity index (χ2v) is 9.15. The predicted molar refractivity (Wildman–Crippen MR) is 124 cm³/mol. The summed E-state index contributed by atoms with van der Waals surface area (Å²) < 4.78 is 30.0. The first-order valence-corrected chi connectivity index (χ1v) is 11.6. The molecular weight excluding hydrogens is 496 g/mol. The van der Waals surface area contributed by atoms with E-state index in [1.807, 2.05) is 0 Å².